The zero-order valence-corrected chi connectivity index (χ0v) is 20.5. The first kappa shape index (κ1) is 25.1. The zero-order chi connectivity index (χ0) is 25.5. The summed E-state index contributed by atoms with van der Waals surface area (Å²) in [4.78, 5) is 38.0. The van der Waals surface area contributed by atoms with E-state index in [4.69, 9.17) is 21.1 Å². The first-order valence-corrected chi connectivity index (χ1v) is 12.0. The van der Waals surface area contributed by atoms with Crippen LogP contribution in [-0.4, -0.2) is 24.3 Å². The molecule has 0 heterocycles. The van der Waals surface area contributed by atoms with Crippen LogP contribution in [0.4, 0.5) is 0 Å². The van der Waals surface area contributed by atoms with Crippen molar-refractivity contribution in [3.8, 4) is 5.75 Å². The van der Waals surface area contributed by atoms with E-state index >= 15 is 0 Å². The maximum Gasteiger partial charge on any atom is 0.336 e. The van der Waals surface area contributed by atoms with Gasteiger partial charge in [-0.3, -0.25) is 9.59 Å². The number of ether oxygens (including phenoxy) is 2. The third-order valence-electron chi connectivity index (χ3n) is 5.96. The highest BCUT2D eigenvalue weighted by Gasteiger charge is 2.39. The Kier molecular flexibility index (Phi) is 8.13. The Labute approximate surface area is 215 Å². The van der Waals surface area contributed by atoms with Crippen molar-refractivity contribution in [1.82, 2.24) is 0 Å². The monoisotopic (exact) mass is 500 g/mol. The van der Waals surface area contributed by atoms with Gasteiger partial charge in [-0.1, -0.05) is 66.2 Å². The van der Waals surface area contributed by atoms with E-state index < -0.39 is 23.8 Å². The van der Waals surface area contributed by atoms with E-state index in [1.54, 1.807) is 49.4 Å². The Morgan fingerprint density at radius 3 is 2.33 bits per heavy atom. The molecule has 0 aliphatic heterocycles. The molecule has 3 aromatic rings. The molecule has 5 nitrogen and oxygen atoms in total. The Hall–Kier alpha value is -3.96. The van der Waals surface area contributed by atoms with E-state index in [9.17, 15) is 14.4 Å². The van der Waals surface area contributed by atoms with Crippen molar-refractivity contribution in [3.05, 3.63) is 113 Å². The molecule has 4 rings (SSSR count). The quantitative estimate of drug-likeness (QED) is 0.165. The second-order valence-electron chi connectivity index (χ2n) is 8.35. The lowest BCUT2D eigenvalue weighted by atomic mass is 9.73. The van der Waals surface area contributed by atoms with Gasteiger partial charge in [0.2, 0.25) is 0 Å². The molecule has 0 N–H and O–H groups in total. The van der Waals surface area contributed by atoms with Gasteiger partial charge in [-0.2, -0.15) is 0 Å². The number of benzene rings is 3. The van der Waals surface area contributed by atoms with Crippen LogP contribution in [0.5, 0.6) is 5.75 Å². The summed E-state index contributed by atoms with van der Waals surface area (Å²) in [5.41, 5.74) is 3.36. The van der Waals surface area contributed by atoms with Crippen LogP contribution in [0, 0.1) is 5.92 Å². The van der Waals surface area contributed by atoms with Crippen molar-refractivity contribution in [3.63, 3.8) is 0 Å². The van der Waals surface area contributed by atoms with E-state index in [2.05, 4.69) is 0 Å². The van der Waals surface area contributed by atoms with Crippen LogP contribution in [-0.2, 0) is 19.1 Å². The molecule has 1 aliphatic rings. The van der Waals surface area contributed by atoms with Crippen LogP contribution in [0.25, 0.3) is 11.6 Å². The number of hydrogen-bond donors (Lipinski definition) is 0. The number of esters is 2. The van der Waals surface area contributed by atoms with E-state index in [0.29, 0.717) is 17.2 Å². The van der Waals surface area contributed by atoms with Gasteiger partial charge in [-0.05, 0) is 72.0 Å². The van der Waals surface area contributed by atoms with E-state index in [0.717, 1.165) is 22.3 Å². The SMILES string of the molecule is CCOC(=O)C1C(=O)C=C(c2ccc(Cl)cc2)CC1c1ccc(OC(=O)/C=C\c2ccccc2)cc1. The van der Waals surface area contributed by atoms with Crippen molar-refractivity contribution in [2.24, 2.45) is 5.92 Å². The number of ketones is 1. The molecule has 0 spiro atoms. The highest BCUT2D eigenvalue weighted by molar-refractivity contribution is 6.30. The summed E-state index contributed by atoms with van der Waals surface area (Å²) in [7, 11) is 0. The number of halogens is 1. The third-order valence-corrected chi connectivity index (χ3v) is 6.21. The first-order chi connectivity index (χ1) is 17.4. The molecule has 3 aromatic carbocycles. The van der Waals surface area contributed by atoms with Gasteiger partial charge in [0, 0.05) is 17.0 Å². The molecule has 0 radical (unpaired) electrons. The summed E-state index contributed by atoms with van der Waals surface area (Å²) >= 11 is 6.02. The molecule has 6 heteroatoms. The van der Waals surface area contributed by atoms with Crippen molar-refractivity contribution >= 4 is 41.0 Å². The number of hydrogen-bond acceptors (Lipinski definition) is 5. The Bertz CT molecular complexity index is 1290. The lowest BCUT2D eigenvalue weighted by Gasteiger charge is -2.29. The molecule has 182 valence electrons. The molecular weight excluding hydrogens is 476 g/mol. The first-order valence-electron chi connectivity index (χ1n) is 11.7. The lowest BCUT2D eigenvalue weighted by Crippen LogP contribution is -2.34. The van der Waals surface area contributed by atoms with Crippen LogP contribution < -0.4 is 4.74 Å². The smallest absolute Gasteiger partial charge is 0.336 e. The second-order valence-corrected chi connectivity index (χ2v) is 8.79. The predicted octanol–water partition coefficient (Wildman–Crippen LogP) is 6.28. The normalized spacial score (nSPS) is 17.5. The minimum absolute atomic E-state index is 0.189. The molecule has 0 amide bonds. The molecular formula is C30H25ClO5. The van der Waals surface area contributed by atoms with Crippen LogP contribution in [0.1, 0.15) is 36.0 Å². The van der Waals surface area contributed by atoms with Crippen molar-refractivity contribution in [1.29, 1.82) is 0 Å². The zero-order valence-electron chi connectivity index (χ0n) is 19.7. The van der Waals surface area contributed by atoms with E-state index in [-0.39, 0.29) is 12.4 Å². The lowest BCUT2D eigenvalue weighted by molar-refractivity contribution is -0.151. The minimum Gasteiger partial charge on any atom is -0.465 e. The average Bonchev–Trinajstić information content (AvgIpc) is 2.88. The fourth-order valence-corrected chi connectivity index (χ4v) is 4.35. The predicted molar refractivity (Wildman–Crippen MR) is 139 cm³/mol. The molecule has 0 aromatic heterocycles. The number of allylic oxidation sites excluding steroid dienone is 2. The van der Waals surface area contributed by atoms with Crippen molar-refractivity contribution in [2.75, 3.05) is 6.61 Å². The summed E-state index contributed by atoms with van der Waals surface area (Å²) in [6, 6.07) is 23.6. The van der Waals surface area contributed by atoms with Gasteiger partial charge >= 0.3 is 11.9 Å². The standard InChI is InChI=1S/C30H25ClO5/c1-2-35-30(34)29-26(18-23(19-27(29)32)21-9-13-24(31)14-10-21)22-11-15-25(16-12-22)36-28(33)17-8-20-6-4-3-5-7-20/h3-17,19,26,29H,2,18H2,1H3/b17-8-. The molecule has 36 heavy (non-hydrogen) atoms. The third kappa shape index (κ3) is 6.18. The number of carbonyl (C=O) groups is 3. The minimum atomic E-state index is -0.941. The number of carbonyl (C=O) groups excluding carboxylic acids is 3. The van der Waals surface area contributed by atoms with Gasteiger partial charge < -0.3 is 9.47 Å². The van der Waals surface area contributed by atoms with Gasteiger partial charge in [0.15, 0.2) is 5.78 Å². The van der Waals surface area contributed by atoms with Crippen LogP contribution in [0.2, 0.25) is 5.02 Å². The van der Waals surface area contributed by atoms with Crippen LogP contribution in [0.3, 0.4) is 0 Å². The Morgan fingerprint density at radius 1 is 0.972 bits per heavy atom. The second kappa shape index (κ2) is 11.6. The maximum atomic E-state index is 13.1. The Balaban J connectivity index is 1.54. The maximum absolute atomic E-state index is 13.1. The van der Waals surface area contributed by atoms with Crippen LogP contribution >= 0.6 is 11.6 Å². The fourth-order valence-electron chi connectivity index (χ4n) is 4.22. The molecule has 0 fully saturated rings. The summed E-state index contributed by atoms with van der Waals surface area (Å²) in [5.74, 6) is -2.34. The van der Waals surface area contributed by atoms with E-state index in [1.165, 1.54) is 12.2 Å². The van der Waals surface area contributed by atoms with Crippen LogP contribution in [0.15, 0.2) is 91.0 Å². The molecule has 1 aliphatic carbocycles. The number of rotatable bonds is 7. The fraction of sp³-hybridized carbons (Fsp3) is 0.167. The van der Waals surface area contributed by atoms with E-state index in [1.807, 2.05) is 42.5 Å². The topological polar surface area (TPSA) is 69.7 Å². The highest BCUT2D eigenvalue weighted by atomic mass is 35.5. The van der Waals surface area contributed by atoms with Gasteiger partial charge in [0.25, 0.3) is 0 Å². The van der Waals surface area contributed by atoms with Gasteiger partial charge in [0.05, 0.1) is 6.61 Å². The summed E-state index contributed by atoms with van der Waals surface area (Å²) in [6.07, 6.45) is 5.04. The largest absolute Gasteiger partial charge is 0.465 e. The molecule has 2 atom stereocenters. The van der Waals surface area contributed by atoms with Gasteiger partial charge in [0.1, 0.15) is 11.7 Å². The summed E-state index contributed by atoms with van der Waals surface area (Å²) in [5, 5.41) is 0.603. The summed E-state index contributed by atoms with van der Waals surface area (Å²) in [6.45, 7) is 1.90. The average molecular weight is 501 g/mol. The molecule has 0 saturated carbocycles. The van der Waals surface area contributed by atoms with Crippen molar-refractivity contribution in [2.45, 2.75) is 19.3 Å². The van der Waals surface area contributed by atoms with Crippen molar-refractivity contribution < 1.29 is 23.9 Å². The molecule has 0 saturated heterocycles. The molecule has 2 unspecified atom stereocenters. The Morgan fingerprint density at radius 2 is 1.67 bits per heavy atom. The molecule has 0 bridgehead atoms. The van der Waals surface area contributed by atoms with Gasteiger partial charge in [-0.25, -0.2) is 4.79 Å². The van der Waals surface area contributed by atoms with Gasteiger partial charge in [-0.15, -0.1) is 0 Å². The summed E-state index contributed by atoms with van der Waals surface area (Å²) < 4.78 is 10.6. The highest BCUT2D eigenvalue weighted by Crippen LogP contribution is 2.41.